The monoisotopic (exact) mass is 206 g/mol. The van der Waals surface area contributed by atoms with Gasteiger partial charge in [-0.3, -0.25) is 0 Å². The first-order valence-corrected chi connectivity index (χ1v) is 5.05. The quantitative estimate of drug-likeness (QED) is 0.728. The van der Waals surface area contributed by atoms with Crippen molar-refractivity contribution < 1.29 is 15.0 Å². The van der Waals surface area contributed by atoms with Crippen LogP contribution >= 0.6 is 0 Å². The van der Waals surface area contributed by atoms with Crippen molar-refractivity contribution in [2.75, 3.05) is 0 Å². The van der Waals surface area contributed by atoms with Crippen LogP contribution in [0.1, 0.15) is 23.1 Å². The van der Waals surface area contributed by atoms with Crippen LogP contribution in [0.5, 0.6) is 0 Å². The van der Waals surface area contributed by atoms with Crippen molar-refractivity contribution in [3.05, 3.63) is 34.9 Å². The third-order valence-electron chi connectivity index (χ3n) is 3.05. The Kier molecular flexibility index (Phi) is 2.27. The summed E-state index contributed by atoms with van der Waals surface area (Å²) in [4.78, 5) is 10.9. The van der Waals surface area contributed by atoms with Crippen molar-refractivity contribution in [1.82, 2.24) is 0 Å². The standard InChI is InChI=1S/C12H14O3/c1-8-2-3-10-7-12(15,11(13)14)5-4-9(10)6-8/h2-3,6,15H,4-5,7H2,1H3,(H,13,14). The number of benzene rings is 1. The van der Waals surface area contributed by atoms with Gasteiger partial charge >= 0.3 is 5.97 Å². The summed E-state index contributed by atoms with van der Waals surface area (Å²) in [6.45, 7) is 2.01. The van der Waals surface area contributed by atoms with Gasteiger partial charge in [0.2, 0.25) is 0 Å². The summed E-state index contributed by atoms with van der Waals surface area (Å²) >= 11 is 0. The molecule has 2 N–H and O–H groups in total. The minimum absolute atomic E-state index is 0.220. The molecule has 1 aromatic rings. The summed E-state index contributed by atoms with van der Waals surface area (Å²) in [6, 6.07) is 5.93. The normalized spacial score (nSPS) is 24.7. The predicted octanol–water partition coefficient (Wildman–Crippen LogP) is 1.30. The van der Waals surface area contributed by atoms with E-state index in [-0.39, 0.29) is 6.42 Å². The van der Waals surface area contributed by atoms with Crippen LogP contribution in [0.25, 0.3) is 0 Å². The summed E-state index contributed by atoms with van der Waals surface area (Å²) in [5, 5.41) is 18.8. The van der Waals surface area contributed by atoms with Crippen molar-refractivity contribution in [1.29, 1.82) is 0 Å². The van der Waals surface area contributed by atoms with E-state index in [0.717, 1.165) is 5.56 Å². The zero-order chi connectivity index (χ0) is 11.1. The maximum Gasteiger partial charge on any atom is 0.336 e. The Hall–Kier alpha value is -1.35. The molecule has 0 heterocycles. The molecule has 0 aliphatic heterocycles. The molecule has 0 saturated heterocycles. The molecule has 1 unspecified atom stereocenters. The van der Waals surface area contributed by atoms with Gasteiger partial charge in [0.05, 0.1) is 0 Å². The Labute approximate surface area is 88.4 Å². The smallest absolute Gasteiger partial charge is 0.336 e. The van der Waals surface area contributed by atoms with Crippen molar-refractivity contribution in [2.24, 2.45) is 0 Å². The molecule has 2 rings (SSSR count). The molecule has 1 aromatic carbocycles. The number of hydrogen-bond acceptors (Lipinski definition) is 2. The van der Waals surface area contributed by atoms with Gasteiger partial charge in [-0.15, -0.1) is 0 Å². The number of aliphatic hydroxyl groups is 1. The van der Waals surface area contributed by atoms with Crippen LogP contribution in [0.4, 0.5) is 0 Å². The Morgan fingerprint density at radius 3 is 2.80 bits per heavy atom. The molecule has 1 atom stereocenters. The van der Waals surface area contributed by atoms with Crippen molar-refractivity contribution >= 4 is 5.97 Å². The zero-order valence-corrected chi connectivity index (χ0v) is 8.66. The van der Waals surface area contributed by atoms with Crippen LogP contribution < -0.4 is 0 Å². The number of hydrogen-bond donors (Lipinski definition) is 2. The van der Waals surface area contributed by atoms with Crippen molar-refractivity contribution in [3.63, 3.8) is 0 Å². The third kappa shape index (κ3) is 1.75. The molecule has 3 nitrogen and oxygen atoms in total. The van der Waals surface area contributed by atoms with Gasteiger partial charge in [0, 0.05) is 6.42 Å². The first-order chi connectivity index (χ1) is 7.01. The van der Waals surface area contributed by atoms with E-state index in [2.05, 4.69) is 6.07 Å². The van der Waals surface area contributed by atoms with Gasteiger partial charge in [-0.2, -0.15) is 0 Å². The van der Waals surface area contributed by atoms with Crippen LogP contribution in [0.3, 0.4) is 0 Å². The van der Waals surface area contributed by atoms with Crippen LogP contribution in [0, 0.1) is 6.92 Å². The predicted molar refractivity (Wildman–Crippen MR) is 55.8 cm³/mol. The molecule has 0 aromatic heterocycles. The van der Waals surface area contributed by atoms with E-state index < -0.39 is 11.6 Å². The SMILES string of the molecule is Cc1ccc2c(c1)CCC(O)(C(=O)O)C2. The average Bonchev–Trinajstić information content (AvgIpc) is 2.18. The Morgan fingerprint density at radius 1 is 1.40 bits per heavy atom. The number of carboxylic acids is 1. The number of rotatable bonds is 1. The summed E-state index contributed by atoms with van der Waals surface area (Å²) < 4.78 is 0. The zero-order valence-electron chi connectivity index (χ0n) is 8.66. The molecule has 0 bridgehead atoms. The summed E-state index contributed by atoms with van der Waals surface area (Å²) in [7, 11) is 0. The lowest BCUT2D eigenvalue weighted by atomic mass is 9.80. The van der Waals surface area contributed by atoms with E-state index in [1.54, 1.807) is 0 Å². The summed E-state index contributed by atoms with van der Waals surface area (Å²) in [5.74, 6) is -1.12. The lowest BCUT2D eigenvalue weighted by Crippen LogP contribution is -2.43. The van der Waals surface area contributed by atoms with Crippen LogP contribution in [0.15, 0.2) is 18.2 Å². The number of aliphatic carboxylic acids is 1. The molecule has 80 valence electrons. The van der Waals surface area contributed by atoms with Gasteiger partial charge < -0.3 is 10.2 Å². The Balaban J connectivity index is 2.35. The van der Waals surface area contributed by atoms with Crippen molar-refractivity contribution in [2.45, 2.75) is 31.8 Å². The molecule has 0 fully saturated rings. The van der Waals surface area contributed by atoms with Crippen LogP contribution in [0.2, 0.25) is 0 Å². The molecule has 0 saturated carbocycles. The van der Waals surface area contributed by atoms with Gasteiger partial charge in [0.15, 0.2) is 5.60 Å². The first-order valence-electron chi connectivity index (χ1n) is 5.05. The molecule has 0 radical (unpaired) electrons. The molecular formula is C12H14O3. The minimum atomic E-state index is -1.57. The molecular weight excluding hydrogens is 192 g/mol. The minimum Gasteiger partial charge on any atom is -0.479 e. The highest BCUT2D eigenvalue weighted by atomic mass is 16.4. The van der Waals surface area contributed by atoms with Gasteiger partial charge in [0.25, 0.3) is 0 Å². The lowest BCUT2D eigenvalue weighted by Gasteiger charge is -2.29. The fourth-order valence-corrected chi connectivity index (χ4v) is 2.09. The highest BCUT2D eigenvalue weighted by Crippen LogP contribution is 2.29. The second-order valence-electron chi connectivity index (χ2n) is 4.29. The molecule has 3 heteroatoms. The lowest BCUT2D eigenvalue weighted by molar-refractivity contribution is -0.159. The third-order valence-corrected chi connectivity index (χ3v) is 3.05. The number of aryl methyl sites for hydroxylation is 2. The fourth-order valence-electron chi connectivity index (χ4n) is 2.09. The molecule has 15 heavy (non-hydrogen) atoms. The van der Waals surface area contributed by atoms with Crippen molar-refractivity contribution in [3.8, 4) is 0 Å². The Bertz CT molecular complexity index is 411. The van der Waals surface area contributed by atoms with E-state index in [1.807, 2.05) is 19.1 Å². The summed E-state index contributed by atoms with van der Waals surface area (Å²) in [5.41, 5.74) is 1.73. The highest BCUT2D eigenvalue weighted by Gasteiger charge is 2.39. The van der Waals surface area contributed by atoms with E-state index in [1.165, 1.54) is 11.1 Å². The molecule has 0 spiro atoms. The summed E-state index contributed by atoms with van der Waals surface area (Å²) in [6.07, 6.45) is 1.16. The van der Waals surface area contributed by atoms with E-state index in [9.17, 15) is 9.90 Å². The highest BCUT2D eigenvalue weighted by molar-refractivity contribution is 5.78. The molecule has 0 amide bonds. The first kappa shape index (κ1) is 10.2. The van der Waals surface area contributed by atoms with Gasteiger partial charge in [-0.25, -0.2) is 4.79 Å². The number of carboxylic acid groups (broad SMARTS) is 1. The maximum atomic E-state index is 10.9. The van der Waals surface area contributed by atoms with Gasteiger partial charge in [-0.05, 0) is 30.9 Å². The topological polar surface area (TPSA) is 57.5 Å². The van der Waals surface area contributed by atoms with E-state index in [4.69, 9.17) is 5.11 Å². The maximum absolute atomic E-state index is 10.9. The number of carbonyl (C=O) groups is 1. The largest absolute Gasteiger partial charge is 0.479 e. The second kappa shape index (κ2) is 3.35. The average molecular weight is 206 g/mol. The van der Waals surface area contributed by atoms with E-state index in [0.29, 0.717) is 12.8 Å². The molecule has 1 aliphatic carbocycles. The Morgan fingerprint density at radius 2 is 2.13 bits per heavy atom. The van der Waals surface area contributed by atoms with Gasteiger partial charge in [-0.1, -0.05) is 23.8 Å². The number of fused-ring (bicyclic) bond motifs is 1. The molecule has 1 aliphatic rings. The van der Waals surface area contributed by atoms with E-state index >= 15 is 0 Å². The van der Waals surface area contributed by atoms with Crippen LogP contribution in [-0.4, -0.2) is 21.8 Å². The van der Waals surface area contributed by atoms with Crippen LogP contribution in [-0.2, 0) is 17.6 Å². The fraction of sp³-hybridized carbons (Fsp3) is 0.417. The van der Waals surface area contributed by atoms with Gasteiger partial charge in [0.1, 0.15) is 0 Å². The second-order valence-corrected chi connectivity index (χ2v) is 4.29.